The third-order valence-electron chi connectivity index (χ3n) is 3.12. The SMILES string of the molecule is O=C(Nc1ccccc1)c1ccc(Nc2ccc(F)cc2F)nn1. The molecule has 0 fully saturated rings. The third kappa shape index (κ3) is 3.70. The van der Waals surface area contributed by atoms with Gasteiger partial charge >= 0.3 is 0 Å². The highest BCUT2D eigenvalue weighted by Gasteiger charge is 2.10. The van der Waals surface area contributed by atoms with Gasteiger partial charge in [0.05, 0.1) is 5.69 Å². The van der Waals surface area contributed by atoms with Crippen molar-refractivity contribution in [1.82, 2.24) is 10.2 Å². The predicted octanol–water partition coefficient (Wildman–Crippen LogP) is 3.75. The van der Waals surface area contributed by atoms with Gasteiger partial charge in [0.25, 0.3) is 5.91 Å². The number of para-hydroxylation sites is 1. The summed E-state index contributed by atoms with van der Waals surface area (Å²) in [4.78, 5) is 12.0. The van der Waals surface area contributed by atoms with E-state index in [0.29, 0.717) is 5.69 Å². The Labute approximate surface area is 136 Å². The van der Waals surface area contributed by atoms with Gasteiger partial charge in [-0.25, -0.2) is 8.78 Å². The van der Waals surface area contributed by atoms with Gasteiger partial charge in [-0.2, -0.15) is 0 Å². The molecule has 0 unspecified atom stereocenters. The predicted molar refractivity (Wildman–Crippen MR) is 86.1 cm³/mol. The molecule has 2 N–H and O–H groups in total. The zero-order chi connectivity index (χ0) is 16.9. The standard InChI is InChI=1S/C17H12F2N4O/c18-11-6-7-14(13(19)10-11)21-16-9-8-15(22-23-16)17(24)20-12-4-2-1-3-5-12/h1-10H,(H,20,24)(H,21,23). The minimum absolute atomic E-state index is 0.0622. The molecule has 0 atom stereocenters. The van der Waals surface area contributed by atoms with Crippen molar-refractivity contribution in [2.45, 2.75) is 0 Å². The number of hydrogen-bond donors (Lipinski definition) is 2. The van der Waals surface area contributed by atoms with Crippen molar-refractivity contribution in [3.05, 3.63) is 78.0 Å². The van der Waals surface area contributed by atoms with Crippen LogP contribution in [0, 0.1) is 11.6 Å². The molecule has 24 heavy (non-hydrogen) atoms. The molecule has 3 rings (SSSR count). The van der Waals surface area contributed by atoms with E-state index in [9.17, 15) is 13.6 Å². The molecule has 0 saturated carbocycles. The van der Waals surface area contributed by atoms with Crippen molar-refractivity contribution >= 4 is 23.1 Å². The number of anilines is 3. The lowest BCUT2D eigenvalue weighted by atomic mass is 10.3. The van der Waals surface area contributed by atoms with Crippen molar-refractivity contribution in [1.29, 1.82) is 0 Å². The molecule has 0 aliphatic rings. The van der Waals surface area contributed by atoms with Crippen molar-refractivity contribution in [3.63, 3.8) is 0 Å². The second-order valence-electron chi connectivity index (χ2n) is 4.87. The number of halogens is 2. The Morgan fingerprint density at radius 1 is 0.917 bits per heavy atom. The minimum atomic E-state index is -0.748. The maximum atomic E-state index is 13.6. The fourth-order valence-electron chi connectivity index (χ4n) is 1.97. The first kappa shape index (κ1) is 15.5. The van der Waals surface area contributed by atoms with Crippen LogP contribution in [0.5, 0.6) is 0 Å². The van der Waals surface area contributed by atoms with Gasteiger partial charge in [-0.1, -0.05) is 18.2 Å². The second kappa shape index (κ2) is 6.82. The fourth-order valence-corrected chi connectivity index (χ4v) is 1.97. The average Bonchev–Trinajstić information content (AvgIpc) is 2.59. The van der Waals surface area contributed by atoms with E-state index in [0.717, 1.165) is 12.1 Å². The number of rotatable bonds is 4. The lowest BCUT2D eigenvalue weighted by molar-refractivity contribution is 0.102. The first-order valence-electron chi connectivity index (χ1n) is 7.04. The summed E-state index contributed by atoms with van der Waals surface area (Å²) < 4.78 is 26.4. The van der Waals surface area contributed by atoms with Crippen LogP contribution in [0.2, 0.25) is 0 Å². The molecule has 0 aliphatic heterocycles. The van der Waals surface area contributed by atoms with E-state index < -0.39 is 17.5 Å². The largest absolute Gasteiger partial charge is 0.336 e. The van der Waals surface area contributed by atoms with Crippen molar-refractivity contribution in [2.24, 2.45) is 0 Å². The molecule has 0 aliphatic carbocycles. The number of aromatic nitrogens is 2. The quantitative estimate of drug-likeness (QED) is 0.766. The summed E-state index contributed by atoms with van der Waals surface area (Å²) in [6.07, 6.45) is 0. The molecule has 120 valence electrons. The van der Waals surface area contributed by atoms with Crippen LogP contribution in [0.15, 0.2) is 60.7 Å². The molecular formula is C17H12F2N4O. The maximum absolute atomic E-state index is 13.6. The van der Waals surface area contributed by atoms with Crippen LogP contribution in [0.3, 0.4) is 0 Å². The highest BCUT2D eigenvalue weighted by atomic mass is 19.1. The number of carbonyl (C=O) groups excluding carboxylic acids is 1. The van der Waals surface area contributed by atoms with Crippen molar-refractivity contribution in [2.75, 3.05) is 10.6 Å². The molecule has 1 heterocycles. The Balaban J connectivity index is 1.70. The molecule has 3 aromatic rings. The molecule has 5 nitrogen and oxygen atoms in total. The summed E-state index contributed by atoms with van der Waals surface area (Å²) in [5, 5.41) is 13.0. The summed E-state index contributed by atoms with van der Waals surface area (Å²) in [7, 11) is 0. The molecule has 2 aromatic carbocycles. The molecule has 0 spiro atoms. The normalized spacial score (nSPS) is 10.2. The molecule has 7 heteroatoms. The summed E-state index contributed by atoms with van der Waals surface area (Å²) in [5.41, 5.74) is 0.816. The monoisotopic (exact) mass is 326 g/mol. The Morgan fingerprint density at radius 2 is 1.71 bits per heavy atom. The van der Waals surface area contributed by atoms with E-state index in [1.54, 1.807) is 24.3 Å². The van der Waals surface area contributed by atoms with Gasteiger partial charge in [0, 0.05) is 11.8 Å². The number of benzene rings is 2. The summed E-state index contributed by atoms with van der Waals surface area (Å²) >= 11 is 0. The van der Waals surface area contributed by atoms with Crippen LogP contribution >= 0.6 is 0 Å². The maximum Gasteiger partial charge on any atom is 0.276 e. The second-order valence-corrected chi connectivity index (χ2v) is 4.87. The third-order valence-corrected chi connectivity index (χ3v) is 3.12. The van der Waals surface area contributed by atoms with E-state index in [-0.39, 0.29) is 17.2 Å². The van der Waals surface area contributed by atoms with E-state index in [2.05, 4.69) is 20.8 Å². The van der Waals surface area contributed by atoms with Gasteiger partial charge in [-0.05, 0) is 36.4 Å². The van der Waals surface area contributed by atoms with Gasteiger partial charge in [0.2, 0.25) is 0 Å². The summed E-state index contributed by atoms with van der Waals surface area (Å²) in [5.74, 6) is -1.59. The Hall–Kier alpha value is -3.35. The highest BCUT2D eigenvalue weighted by Crippen LogP contribution is 2.19. The van der Waals surface area contributed by atoms with Gasteiger partial charge in [0.15, 0.2) is 11.5 Å². The van der Waals surface area contributed by atoms with Gasteiger partial charge in [0.1, 0.15) is 11.6 Å². The molecule has 0 saturated heterocycles. The lowest BCUT2D eigenvalue weighted by Gasteiger charge is -2.07. The first-order chi connectivity index (χ1) is 11.6. The van der Waals surface area contributed by atoms with Crippen molar-refractivity contribution in [3.8, 4) is 0 Å². The highest BCUT2D eigenvalue weighted by molar-refractivity contribution is 6.02. The van der Waals surface area contributed by atoms with E-state index in [1.807, 2.05) is 6.07 Å². The topological polar surface area (TPSA) is 66.9 Å². The van der Waals surface area contributed by atoms with E-state index >= 15 is 0 Å². The summed E-state index contributed by atoms with van der Waals surface area (Å²) in [6, 6.07) is 15.0. The van der Waals surface area contributed by atoms with E-state index in [1.165, 1.54) is 18.2 Å². The Morgan fingerprint density at radius 3 is 2.38 bits per heavy atom. The summed E-state index contributed by atoms with van der Waals surface area (Å²) in [6.45, 7) is 0. The fraction of sp³-hybridized carbons (Fsp3) is 0. The Kier molecular flexibility index (Phi) is 4.42. The number of amides is 1. The van der Waals surface area contributed by atoms with Crippen LogP contribution < -0.4 is 10.6 Å². The lowest BCUT2D eigenvalue weighted by Crippen LogP contribution is -2.14. The van der Waals surface area contributed by atoms with Crippen LogP contribution in [0.4, 0.5) is 26.0 Å². The smallest absolute Gasteiger partial charge is 0.276 e. The Bertz CT molecular complexity index is 854. The zero-order valence-corrected chi connectivity index (χ0v) is 12.3. The number of hydrogen-bond acceptors (Lipinski definition) is 4. The molecular weight excluding hydrogens is 314 g/mol. The van der Waals surface area contributed by atoms with Gasteiger partial charge < -0.3 is 10.6 Å². The molecule has 0 radical (unpaired) electrons. The van der Waals surface area contributed by atoms with Crippen LogP contribution in [0.1, 0.15) is 10.5 Å². The molecule has 0 bridgehead atoms. The average molecular weight is 326 g/mol. The molecule has 1 aromatic heterocycles. The zero-order valence-electron chi connectivity index (χ0n) is 12.3. The minimum Gasteiger partial charge on any atom is -0.336 e. The van der Waals surface area contributed by atoms with Gasteiger partial charge in [-0.15, -0.1) is 10.2 Å². The number of carbonyl (C=O) groups is 1. The van der Waals surface area contributed by atoms with Crippen LogP contribution in [0.25, 0.3) is 0 Å². The number of nitrogens with one attached hydrogen (secondary N) is 2. The van der Waals surface area contributed by atoms with Crippen LogP contribution in [-0.2, 0) is 0 Å². The molecule has 1 amide bonds. The van der Waals surface area contributed by atoms with Crippen molar-refractivity contribution < 1.29 is 13.6 Å². The van der Waals surface area contributed by atoms with Crippen LogP contribution in [-0.4, -0.2) is 16.1 Å². The van der Waals surface area contributed by atoms with Gasteiger partial charge in [-0.3, -0.25) is 4.79 Å². The van der Waals surface area contributed by atoms with E-state index in [4.69, 9.17) is 0 Å². The number of nitrogens with zero attached hydrogens (tertiary/aromatic N) is 2. The first-order valence-corrected chi connectivity index (χ1v) is 7.04.